The maximum absolute atomic E-state index is 16.2. The number of nitrogens with two attached hydrogens (primary N) is 2. The number of carboxylic acid groups (broad SMARTS) is 1. The van der Waals surface area contributed by atoms with Crippen molar-refractivity contribution in [2.45, 2.75) is 249 Å². The number of carboxylic acids is 1. The minimum Gasteiger partial charge on any atom is -0.508 e. The molecule has 5 aromatic rings. The van der Waals surface area contributed by atoms with Crippen LogP contribution in [0, 0.1) is 11.8 Å². The molecule has 1 fully saturated rings. The summed E-state index contributed by atoms with van der Waals surface area (Å²) >= 11 is 0.789. The van der Waals surface area contributed by atoms with Gasteiger partial charge in [0, 0.05) is 120 Å². The molecule has 1 saturated heterocycles. The average molecular weight is 1940 g/mol. The lowest BCUT2D eigenvalue weighted by Crippen LogP contribution is -2.62. The highest BCUT2D eigenvalue weighted by Crippen LogP contribution is 2.29. The predicted octanol–water partition coefficient (Wildman–Crippen LogP) is -1.16. The number of thioether (sulfide) groups is 1. The van der Waals surface area contributed by atoms with Crippen LogP contribution in [-0.2, 0) is 112 Å². The number of amides is 17. The zero-order chi connectivity index (χ0) is 101. The summed E-state index contributed by atoms with van der Waals surface area (Å²) in [6, 6.07) is -2.12. The first-order chi connectivity index (χ1) is 65.5. The minimum absolute atomic E-state index is 0.00492. The fourth-order valence-corrected chi connectivity index (χ4v) is 17.9. The zero-order valence-electron chi connectivity index (χ0n) is 80.5. The normalized spacial score (nSPS) is 25.2. The lowest BCUT2D eigenvalue weighted by molar-refractivity contribution is -0.149. The molecule has 0 radical (unpaired) electrons. The maximum Gasteiger partial charge on any atom is 0.323 e. The number of hydrogen-bond acceptors (Lipinski definition) is 23. The minimum atomic E-state index is -1.81. The molecule has 42 nitrogen and oxygen atoms in total. The fraction of sp³-hybridized carbons (Fsp3) is 0.558. The number of benzene rings is 3. The number of carbonyl (C=O) groups excluding carboxylic acids is 17. The smallest absolute Gasteiger partial charge is 0.323 e. The molecule has 3 aliphatic heterocycles. The Hall–Kier alpha value is -13.0. The number of aliphatic hydroxyl groups excluding tert-OH is 1. The van der Waals surface area contributed by atoms with E-state index in [0.29, 0.717) is 64.2 Å². The number of aliphatic hydroxyl groups is 1. The number of unbranched alkanes of at least 4 members (excludes halogenated alkanes) is 2. The molecule has 2 aromatic heterocycles. The van der Waals surface area contributed by atoms with Gasteiger partial charge >= 0.3 is 5.97 Å². The molecular weight excluding hydrogens is 1800 g/mol. The number of hydrogen-bond donors (Lipinski definition) is 18. The number of phenolic OH excluding ortho intramolecular Hbond substituents is 1. The van der Waals surface area contributed by atoms with Crippen LogP contribution in [0.5, 0.6) is 5.75 Å². The Morgan fingerprint density at radius 3 is 1.77 bits per heavy atom. The van der Waals surface area contributed by atoms with E-state index in [9.17, 15) is 63.3 Å². The number of nitrogens with one attached hydrogen (secondary N) is 13. The van der Waals surface area contributed by atoms with Gasteiger partial charge in [0.05, 0.1) is 24.8 Å². The molecule has 8 rings (SSSR count). The number of rotatable bonds is 24. The summed E-state index contributed by atoms with van der Waals surface area (Å²) in [4.78, 5) is 274. The van der Waals surface area contributed by atoms with Crippen molar-refractivity contribution in [1.29, 1.82) is 0 Å². The van der Waals surface area contributed by atoms with Gasteiger partial charge in [-0.1, -0.05) is 128 Å². The highest BCUT2D eigenvalue weighted by molar-refractivity contribution is 8.00. The molecule has 0 aliphatic carbocycles. The Morgan fingerprint density at radius 1 is 0.551 bits per heavy atom. The van der Waals surface area contributed by atoms with Gasteiger partial charge in [0.1, 0.15) is 96.9 Å². The van der Waals surface area contributed by atoms with Crippen LogP contribution in [-0.4, -0.2) is 325 Å². The summed E-state index contributed by atoms with van der Waals surface area (Å²) in [6.07, 6.45) is 4.30. The number of carbonyl (C=O) groups is 18. The van der Waals surface area contributed by atoms with Crippen LogP contribution in [0.1, 0.15) is 150 Å². The van der Waals surface area contributed by atoms with Gasteiger partial charge in [-0.25, -0.2) is 0 Å². The monoisotopic (exact) mass is 1940 g/mol. The number of aromatic amines is 1. The van der Waals surface area contributed by atoms with E-state index in [2.05, 4.69) is 68.8 Å². The molecule has 2 bridgehead atoms. The first-order valence-electron chi connectivity index (χ1n) is 47.0. The molecule has 5 heterocycles. The van der Waals surface area contributed by atoms with E-state index in [1.165, 1.54) is 81.8 Å². The van der Waals surface area contributed by atoms with E-state index in [0.717, 1.165) is 31.4 Å². The molecule has 17 amide bonds. The third-order valence-electron chi connectivity index (χ3n) is 24.7. The number of nitrogens with zero attached hydrogens (tertiary/aromatic N) is 6. The van der Waals surface area contributed by atoms with Crippen LogP contribution in [0.15, 0.2) is 97.3 Å². The summed E-state index contributed by atoms with van der Waals surface area (Å²) in [5.41, 5.74) is 13.6. The summed E-state index contributed by atoms with van der Waals surface area (Å²) in [5.74, 6) is -18.7. The van der Waals surface area contributed by atoms with Gasteiger partial charge in [-0.05, 0) is 112 Å². The van der Waals surface area contributed by atoms with Gasteiger partial charge in [-0.3, -0.25) is 86.3 Å². The van der Waals surface area contributed by atoms with E-state index >= 15 is 38.4 Å². The number of phenols is 1. The highest BCUT2D eigenvalue weighted by atomic mass is 32.2. The van der Waals surface area contributed by atoms with Gasteiger partial charge in [0.15, 0.2) is 0 Å². The first kappa shape index (κ1) is 110. The number of primary amides is 2. The van der Waals surface area contributed by atoms with Gasteiger partial charge in [-0.2, -0.15) is 0 Å². The summed E-state index contributed by atoms with van der Waals surface area (Å²) in [5, 5.41) is 66.6. The van der Waals surface area contributed by atoms with Crippen LogP contribution in [0.3, 0.4) is 0 Å². The highest BCUT2D eigenvalue weighted by Gasteiger charge is 2.46. The van der Waals surface area contributed by atoms with Crippen molar-refractivity contribution >= 4 is 140 Å². The van der Waals surface area contributed by atoms with Gasteiger partial charge in [0.25, 0.3) is 0 Å². The molecule has 0 unspecified atom stereocenters. The Bertz CT molecular complexity index is 5180. The van der Waals surface area contributed by atoms with Gasteiger partial charge < -0.3 is 125 Å². The molecule has 43 heteroatoms. The Labute approximate surface area is 806 Å². The van der Waals surface area contributed by atoms with Gasteiger partial charge in [0.2, 0.25) is 100 Å². The predicted molar refractivity (Wildman–Crippen MR) is 514 cm³/mol. The molecule has 0 spiro atoms. The van der Waals surface area contributed by atoms with E-state index in [1.807, 2.05) is 13.8 Å². The molecule has 15 atom stereocenters. The fourth-order valence-electron chi connectivity index (χ4n) is 17.0. The Balaban J connectivity index is 1.27. The lowest BCUT2D eigenvalue weighted by Gasteiger charge is -2.36. The number of para-hydroxylation sites is 2. The number of H-pyrrole nitrogens is 1. The average Bonchev–Trinajstić information content (AvgIpc) is 1.64. The van der Waals surface area contributed by atoms with Crippen LogP contribution in [0.2, 0.25) is 0 Å². The molecule has 3 aliphatic rings. The number of likely N-dealkylation sites (N-methyl/N-ethyl adjacent to an activating group) is 4. The molecular formula is C95H137N21O21S. The Morgan fingerprint density at radius 2 is 1.12 bits per heavy atom. The second-order valence-electron chi connectivity index (χ2n) is 36.2. The molecule has 20 N–H and O–H groups in total. The van der Waals surface area contributed by atoms with Crippen LogP contribution >= 0.6 is 11.8 Å². The second kappa shape index (κ2) is 53.1. The van der Waals surface area contributed by atoms with Crippen molar-refractivity contribution in [2.24, 2.45) is 23.3 Å². The standard InChI is InChI=1S/C95H137N21O21S/c1-13-16-27-75-89(131)104-66(38-53(4)5)86(128)110-73(84(126)101-47-79(97)120)51-138-52-80(121)102-69(40-57-30-32-60(117)33-31-57)91(133)111(10)55(8)82(124)106-71(44-78(96)119)93(135)115(15-3)56(9)83(125)109-72-46-99-36-23-22-35-98-37-34-65(85(127)108-70(92(134)113(12)76(28-17-14-2)95(137)112(75)11)42-59-48-114(50-81(122)123)74-29-21-19-25-63(59)74)103-87(129)67(41-58-45-100-64-26-20-18-24-62(58)64)105-90(132)77-43-61(118)49-116(77)94(136)68(39-54(6)7)107-88(72)130/h18-26,29-33,45,48,53-56,61,65-73,75-77,98-100,117-118H,13-17,27-28,34-44,46-47,49-52H2,1-12H3,(H2,96,119)(H2,97,120)(H,101,126)(H,102,121)(H,103,129)(H,104,131)(H,105,132)(H,106,124)(H,107,130)(H,108,127)(H,109,125)(H,110,128)(H,122,123)/b23-22-/t55-,56-,61+,65-,66-,67-,68-,69-,70-,71-,72-,73-,75-,76-,77-/m0/s1. The van der Waals surface area contributed by atoms with Crippen molar-refractivity contribution in [3.05, 3.63) is 114 Å². The Kier molecular flexibility index (Phi) is 42.4. The molecule has 3 aromatic carbocycles. The van der Waals surface area contributed by atoms with Crippen molar-refractivity contribution in [3.63, 3.8) is 0 Å². The zero-order valence-corrected chi connectivity index (χ0v) is 81.3. The summed E-state index contributed by atoms with van der Waals surface area (Å²) < 4.78 is 1.46. The largest absolute Gasteiger partial charge is 0.508 e. The quantitative estimate of drug-likeness (QED) is 0.0324. The van der Waals surface area contributed by atoms with Crippen molar-refractivity contribution in [3.8, 4) is 5.75 Å². The van der Waals surface area contributed by atoms with E-state index in [1.54, 1.807) is 94.6 Å². The topological polar surface area (TPSA) is 601 Å². The lowest BCUT2D eigenvalue weighted by atomic mass is 9.99. The SMILES string of the molecule is CCCC[C@H]1C(=O)N(C)[C@@H](CCCC)C(=O)N[C@@H](CC(C)C)C(=O)N[C@H](C(=O)NCC(N)=O)CSCC(=O)N[C@@H](Cc2ccc(O)cc2)C(=O)N(C)[C@@H](C)C(=O)N[C@@H](CC(N)=O)C(=O)N(CC)[C@@H](C)C(=O)N[C@H]2CNC/C=C\CNCC[C@H](NC(=O)[C@H](Cc3c[nH]c4ccccc34)NC(=O)[C@@H]3C[C@@H](O)CN3C(=O)[C@H](CC(C)C)NC2=O)C(=O)N[C@@H](Cc2cn(CC(=O)O)c3ccccc23)C(=O)N1C. The number of aromatic nitrogens is 2. The van der Waals surface area contributed by atoms with Gasteiger partial charge in [-0.15, -0.1) is 11.8 Å². The van der Waals surface area contributed by atoms with Crippen molar-refractivity contribution in [2.75, 3.05) is 78.5 Å². The number of aromatic hydroxyl groups is 1. The van der Waals surface area contributed by atoms with Crippen molar-refractivity contribution in [1.82, 2.24) is 97.9 Å². The second-order valence-corrected chi connectivity index (χ2v) is 37.3. The van der Waals surface area contributed by atoms with E-state index in [-0.39, 0.29) is 108 Å². The summed E-state index contributed by atoms with van der Waals surface area (Å²) in [6.45, 7) is 12.5. The first-order valence-corrected chi connectivity index (χ1v) is 48.1. The van der Waals surface area contributed by atoms with E-state index < -0.39 is 235 Å². The van der Waals surface area contributed by atoms with Crippen LogP contribution < -0.4 is 75.3 Å². The van der Waals surface area contributed by atoms with E-state index in [4.69, 9.17) is 11.5 Å². The summed E-state index contributed by atoms with van der Waals surface area (Å²) in [7, 11) is 3.95. The third kappa shape index (κ3) is 31.5. The van der Waals surface area contributed by atoms with Crippen LogP contribution in [0.25, 0.3) is 21.8 Å². The molecule has 754 valence electrons. The maximum atomic E-state index is 16.2. The molecule has 0 saturated carbocycles. The van der Waals surface area contributed by atoms with Crippen LogP contribution in [0.4, 0.5) is 0 Å². The molecule has 138 heavy (non-hydrogen) atoms. The van der Waals surface area contributed by atoms with Crippen molar-refractivity contribution < 1.29 is 102 Å². The number of aliphatic carboxylic acids is 1. The third-order valence-corrected chi connectivity index (χ3v) is 25.7. The number of fused-ring (bicyclic) bond motifs is 12.